The average Bonchev–Trinajstić information content (AvgIpc) is 2.59. The minimum absolute atomic E-state index is 0.176. The average molecular weight is 328 g/mol. The summed E-state index contributed by atoms with van der Waals surface area (Å²) in [5.41, 5.74) is 1.07. The summed E-state index contributed by atoms with van der Waals surface area (Å²) in [5, 5.41) is 3.07. The van der Waals surface area contributed by atoms with Gasteiger partial charge in [0.1, 0.15) is 12.5 Å². The third-order valence-electron chi connectivity index (χ3n) is 2.27. The highest BCUT2D eigenvalue weighted by Gasteiger charge is 2.14. The Bertz CT molecular complexity index is 326. The molecule has 4 nitrogen and oxygen atoms in total. The van der Waals surface area contributed by atoms with Crippen molar-refractivity contribution >= 4 is 12.5 Å². The second-order valence-corrected chi connectivity index (χ2v) is 4.67. The molecule has 0 aromatic heterocycles. The van der Waals surface area contributed by atoms with Crippen LogP contribution in [0.25, 0.3) is 0 Å². The van der Waals surface area contributed by atoms with Crippen LogP contribution < -0.4 is 10.1 Å². The van der Waals surface area contributed by atoms with Gasteiger partial charge in [-0.15, -0.1) is 0 Å². The molecule has 0 amide bonds. The summed E-state index contributed by atoms with van der Waals surface area (Å²) in [6.07, 6.45) is 1.07. The Hall–Kier alpha value is -1.55. The molecule has 0 saturated carbocycles. The summed E-state index contributed by atoms with van der Waals surface area (Å²) in [4.78, 5) is 8.00. The number of benzene rings is 1. The molecule has 1 N–H and O–H groups in total. The normalized spacial score (nSPS) is 9.96. The van der Waals surface area contributed by atoms with Crippen molar-refractivity contribution in [1.82, 2.24) is 0 Å². The topological polar surface area (TPSA) is 47.6 Å². The van der Waals surface area contributed by atoms with Gasteiger partial charge in [0.05, 0.1) is 0 Å². The molecule has 1 unspecified atom stereocenters. The summed E-state index contributed by atoms with van der Waals surface area (Å²) in [5.74, 6) is 1.18. The van der Waals surface area contributed by atoms with E-state index in [1.165, 1.54) is 6.42 Å². The molecule has 0 spiro atoms. The minimum atomic E-state index is -0.176. The van der Waals surface area contributed by atoms with E-state index in [0.717, 1.165) is 11.4 Å². The number of rotatable bonds is 6. The van der Waals surface area contributed by atoms with Gasteiger partial charge in [0.15, 0.2) is 0 Å². The van der Waals surface area contributed by atoms with Gasteiger partial charge in [-0.1, -0.05) is 48.0 Å². The minimum Gasteiger partial charge on any atom is -0.465 e. The van der Waals surface area contributed by atoms with Gasteiger partial charge in [0.25, 0.3) is 0 Å². The summed E-state index contributed by atoms with van der Waals surface area (Å²) < 4.78 is 11.3. The first-order chi connectivity index (χ1) is 11.1. The van der Waals surface area contributed by atoms with Crippen LogP contribution in [0.2, 0.25) is 0 Å². The molecular weight excluding hydrogens is 290 g/mol. The lowest BCUT2D eigenvalue weighted by atomic mass is 10.2. The molecule has 0 saturated heterocycles. The van der Waals surface area contributed by atoms with E-state index < -0.39 is 0 Å². The van der Waals surface area contributed by atoms with Crippen molar-refractivity contribution in [3.05, 3.63) is 24.3 Å². The highest BCUT2D eigenvalue weighted by Crippen LogP contribution is 2.19. The largest absolute Gasteiger partial charge is 0.465 e. The van der Waals surface area contributed by atoms with Crippen LogP contribution in [0.5, 0.6) is 5.75 Å². The molecule has 4 heteroatoms. The lowest BCUT2D eigenvalue weighted by Crippen LogP contribution is -2.26. The van der Waals surface area contributed by atoms with E-state index in [2.05, 4.69) is 33.0 Å². The van der Waals surface area contributed by atoms with Gasteiger partial charge in [0, 0.05) is 25.3 Å². The van der Waals surface area contributed by atoms with Crippen LogP contribution in [0.15, 0.2) is 24.3 Å². The van der Waals surface area contributed by atoms with Crippen LogP contribution in [0, 0.1) is 5.92 Å². The van der Waals surface area contributed by atoms with E-state index in [-0.39, 0.29) is 6.29 Å². The molecule has 0 heterocycles. The third kappa shape index (κ3) is 15.1. The summed E-state index contributed by atoms with van der Waals surface area (Å²) in [7, 11) is 1.90. The van der Waals surface area contributed by atoms with Gasteiger partial charge in [-0.05, 0) is 31.2 Å². The van der Waals surface area contributed by atoms with Gasteiger partial charge in [0.2, 0.25) is 6.29 Å². The van der Waals surface area contributed by atoms with E-state index in [1.54, 1.807) is 0 Å². The molecule has 1 rings (SSSR count). The van der Waals surface area contributed by atoms with Crippen molar-refractivity contribution in [1.29, 1.82) is 0 Å². The second-order valence-electron chi connectivity index (χ2n) is 4.67. The standard InChI is InChI=1S/C13H21NO2.C3H8.C2H6.CH2O/c1-5-15-13(10(2)3)16-12-8-6-11(14-4)7-9-12;1-3-2;2*1-2/h6-10,13-14H,5H2,1-4H3;3H2,1-2H3;1-2H3;1H2. The van der Waals surface area contributed by atoms with E-state index in [9.17, 15) is 0 Å². The monoisotopic (exact) mass is 327 g/mol. The lowest BCUT2D eigenvalue weighted by Gasteiger charge is -2.22. The summed E-state index contributed by atoms with van der Waals surface area (Å²) in [6.45, 7) is 17.1. The van der Waals surface area contributed by atoms with Gasteiger partial charge >= 0.3 is 0 Å². The number of hydrogen-bond acceptors (Lipinski definition) is 4. The Morgan fingerprint density at radius 2 is 1.48 bits per heavy atom. The molecular formula is C19H37NO3. The van der Waals surface area contributed by atoms with Crippen LogP contribution in [-0.2, 0) is 9.53 Å². The fourth-order valence-corrected chi connectivity index (χ4v) is 1.36. The molecule has 0 fully saturated rings. The zero-order valence-electron chi connectivity index (χ0n) is 16.3. The second kappa shape index (κ2) is 20.5. The highest BCUT2D eigenvalue weighted by atomic mass is 16.7. The fourth-order valence-electron chi connectivity index (χ4n) is 1.36. The zero-order chi connectivity index (χ0) is 18.7. The number of anilines is 1. The van der Waals surface area contributed by atoms with Gasteiger partial charge < -0.3 is 19.6 Å². The first-order valence-electron chi connectivity index (χ1n) is 8.43. The zero-order valence-corrected chi connectivity index (χ0v) is 16.3. The van der Waals surface area contributed by atoms with Crippen molar-refractivity contribution in [2.75, 3.05) is 19.0 Å². The Balaban J connectivity index is -0.000000496. The predicted octanol–water partition coefficient (Wildman–Crippen LogP) is 5.38. The Morgan fingerprint density at radius 1 is 1.04 bits per heavy atom. The van der Waals surface area contributed by atoms with Crippen LogP contribution in [0.4, 0.5) is 5.69 Å². The van der Waals surface area contributed by atoms with E-state index >= 15 is 0 Å². The molecule has 0 bridgehead atoms. The Kier molecular flexibility index (Phi) is 23.4. The van der Waals surface area contributed by atoms with Crippen molar-refractivity contribution in [2.24, 2.45) is 5.92 Å². The molecule has 1 aromatic rings. The molecule has 136 valence electrons. The van der Waals surface area contributed by atoms with Crippen LogP contribution >= 0.6 is 0 Å². The number of hydrogen-bond donors (Lipinski definition) is 1. The maximum Gasteiger partial charge on any atom is 0.202 e. The molecule has 1 atom stereocenters. The fraction of sp³-hybridized carbons (Fsp3) is 0.632. The number of carbonyl (C=O) groups excluding carboxylic acids is 1. The molecule has 0 aliphatic rings. The Labute approximate surface area is 143 Å². The van der Waals surface area contributed by atoms with Gasteiger partial charge in [-0.2, -0.15) is 0 Å². The van der Waals surface area contributed by atoms with Gasteiger partial charge in [-0.25, -0.2) is 0 Å². The first-order valence-corrected chi connectivity index (χ1v) is 8.43. The SMILES string of the molecule is C=O.CC.CCC.CCOC(Oc1ccc(NC)cc1)C(C)C. The first kappa shape index (κ1) is 26.4. The van der Waals surface area contributed by atoms with Crippen molar-refractivity contribution in [3.8, 4) is 5.75 Å². The molecule has 0 aliphatic carbocycles. The predicted molar refractivity (Wildman–Crippen MR) is 101 cm³/mol. The van der Waals surface area contributed by atoms with Crippen molar-refractivity contribution in [3.63, 3.8) is 0 Å². The number of nitrogens with one attached hydrogen (secondary N) is 1. The number of ether oxygens (including phenoxy) is 2. The molecule has 23 heavy (non-hydrogen) atoms. The molecule has 0 aliphatic heterocycles. The van der Waals surface area contributed by atoms with Crippen LogP contribution in [0.3, 0.4) is 0 Å². The Morgan fingerprint density at radius 3 is 1.78 bits per heavy atom. The molecule has 1 aromatic carbocycles. The van der Waals surface area contributed by atoms with Crippen molar-refractivity contribution < 1.29 is 14.3 Å². The van der Waals surface area contributed by atoms with E-state index in [4.69, 9.17) is 14.3 Å². The summed E-state index contributed by atoms with van der Waals surface area (Å²) in [6, 6.07) is 7.86. The maximum absolute atomic E-state index is 8.00. The van der Waals surface area contributed by atoms with Gasteiger partial charge in [-0.3, -0.25) is 0 Å². The maximum atomic E-state index is 8.00. The number of carbonyl (C=O) groups is 1. The highest BCUT2D eigenvalue weighted by molar-refractivity contribution is 5.45. The van der Waals surface area contributed by atoms with Crippen molar-refractivity contribution in [2.45, 2.75) is 61.2 Å². The smallest absolute Gasteiger partial charge is 0.202 e. The van der Waals surface area contributed by atoms with E-state index in [1.807, 2.05) is 58.9 Å². The lowest BCUT2D eigenvalue weighted by molar-refractivity contribution is -0.103. The third-order valence-corrected chi connectivity index (χ3v) is 2.27. The van der Waals surface area contributed by atoms with E-state index in [0.29, 0.717) is 12.5 Å². The van der Waals surface area contributed by atoms with Crippen LogP contribution in [-0.4, -0.2) is 26.7 Å². The quantitative estimate of drug-likeness (QED) is 0.712. The van der Waals surface area contributed by atoms with Crippen LogP contribution in [0.1, 0.15) is 54.9 Å². The summed E-state index contributed by atoms with van der Waals surface area (Å²) >= 11 is 0. The molecule has 0 radical (unpaired) electrons.